The van der Waals surface area contributed by atoms with E-state index < -0.39 is 23.5 Å². The molecule has 0 N–H and O–H groups in total. The van der Waals surface area contributed by atoms with Gasteiger partial charge in [0.25, 0.3) is 0 Å². The number of hydrogen-bond acceptors (Lipinski definition) is 1. The summed E-state index contributed by atoms with van der Waals surface area (Å²) in [6, 6.07) is 18.3. The van der Waals surface area contributed by atoms with Gasteiger partial charge in [0.2, 0.25) is 0 Å². The molecule has 0 unspecified atom stereocenters. The second-order valence-corrected chi connectivity index (χ2v) is 8.35. The summed E-state index contributed by atoms with van der Waals surface area (Å²) in [5.41, 5.74) is 1.36. The van der Waals surface area contributed by atoms with E-state index in [4.69, 9.17) is 0 Å². The topological polar surface area (TPSA) is 3.24 Å². The normalized spacial score (nSPS) is 15.3. The molecular formula is C27H23F6N. The number of nitrogens with zero attached hydrogens (tertiary/aromatic N) is 1. The van der Waals surface area contributed by atoms with E-state index in [1.807, 2.05) is 6.08 Å². The van der Waals surface area contributed by atoms with Crippen molar-refractivity contribution in [3.63, 3.8) is 0 Å². The predicted octanol–water partition coefficient (Wildman–Crippen LogP) is 7.72. The first-order chi connectivity index (χ1) is 16.1. The van der Waals surface area contributed by atoms with Crippen LogP contribution in [0.2, 0.25) is 0 Å². The zero-order valence-corrected chi connectivity index (χ0v) is 18.3. The number of hydrogen-bond donors (Lipinski definition) is 0. The summed E-state index contributed by atoms with van der Waals surface area (Å²) in [5.74, 6) is 0. The molecule has 0 aliphatic carbocycles. The van der Waals surface area contributed by atoms with Gasteiger partial charge in [0, 0.05) is 19.6 Å². The van der Waals surface area contributed by atoms with Crippen LogP contribution in [0.4, 0.5) is 26.3 Å². The molecule has 0 atom stereocenters. The maximum Gasteiger partial charge on any atom is 0.417 e. The zero-order valence-electron chi connectivity index (χ0n) is 18.3. The molecule has 0 bridgehead atoms. The van der Waals surface area contributed by atoms with Gasteiger partial charge in [0.1, 0.15) is 0 Å². The third-order valence-electron chi connectivity index (χ3n) is 6.04. The second-order valence-electron chi connectivity index (χ2n) is 8.35. The van der Waals surface area contributed by atoms with Crippen molar-refractivity contribution in [1.82, 2.24) is 4.90 Å². The van der Waals surface area contributed by atoms with Crippen molar-refractivity contribution in [3.8, 4) is 11.1 Å². The average molecular weight is 475 g/mol. The van der Waals surface area contributed by atoms with Crippen molar-refractivity contribution in [2.45, 2.75) is 25.2 Å². The van der Waals surface area contributed by atoms with E-state index >= 15 is 0 Å². The van der Waals surface area contributed by atoms with Gasteiger partial charge in [-0.3, -0.25) is 4.90 Å². The summed E-state index contributed by atoms with van der Waals surface area (Å²) in [7, 11) is 0. The van der Waals surface area contributed by atoms with Gasteiger partial charge < -0.3 is 0 Å². The van der Waals surface area contributed by atoms with Crippen molar-refractivity contribution in [2.75, 3.05) is 19.6 Å². The highest BCUT2D eigenvalue weighted by molar-refractivity contribution is 5.69. The Balaban J connectivity index is 1.43. The molecule has 34 heavy (non-hydrogen) atoms. The smallest absolute Gasteiger partial charge is 0.299 e. The molecule has 0 radical (unpaired) electrons. The van der Waals surface area contributed by atoms with E-state index in [2.05, 4.69) is 4.90 Å². The van der Waals surface area contributed by atoms with E-state index in [1.54, 1.807) is 42.5 Å². The summed E-state index contributed by atoms with van der Waals surface area (Å²) in [4.78, 5) is 2.09. The molecule has 3 aromatic carbocycles. The van der Waals surface area contributed by atoms with Gasteiger partial charge in [-0.1, -0.05) is 60.7 Å². The van der Waals surface area contributed by atoms with Gasteiger partial charge in [-0.25, -0.2) is 0 Å². The Morgan fingerprint density at radius 2 is 1.47 bits per heavy atom. The highest BCUT2D eigenvalue weighted by Crippen LogP contribution is 2.38. The van der Waals surface area contributed by atoms with Crippen LogP contribution in [0, 0.1) is 0 Å². The monoisotopic (exact) mass is 475 g/mol. The standard InChI is InChI=1S/C27H23F6N/c28-26(29,30)23-8-4-7-22(18-23)20-12-15-34(16-13-20)14-11-19-9-10-24(21-5-2-1-3-6-21)25(17-19)27(31,32)33/h1-10,12,17-18H,11,13-16H2. The van der Waals surface area contributed by atoms with Crippen molar-refractivity contribution in [2.24, 2.45) is 0 Å². The summed E-state index contributed by atoms with van der Waals surface area (Å²) >= 11 is 0. The first kappa shape index (κ1) is 24.1. The lowest BCUT2D eigenvalue weighted by molar-refractivity contribution is -0.138. The van der Waals surface area contributed by atoms with Gasteiger partial charge in [0.05, 0.1) is 11.1 Å². The van der Waals surface area contributed by atoms with Crippen LogP contribution in [0.1, 0.15) is 28.7 Å². The third kappa shape index (κ3) is 5.70. The van der Waals surface area contributed by atoms with Crippen LogP contribution >= 0.6 is 0 Å². The molecule has 7 heteroatoms. The first-order valence-electron chi connectivity index (χ1n) is 11.0. The Hall–Kier alpha value is -3.06. The number of halogens is 6. The van der Waals surface area contributed by atoms with Gasteiger partial charge in [-0.2, -0.15) is 26.3 Å². The molecule has 0 saturated heterocycles. The van der Waals surface area contributed by atoms with E-state index in [1.165, 1.54) is 18.2 Å². The predicted molar refractivity (Wildman–Crippen MR) is 121 cm³/mol. The van der Waals surface area contributed by atoms with Crippen molar-refractivity contribution < 1.29 is 26.3 Å². The minimum Gasteiger partial charge on any atom is -0.299 e. The maximum atomic E-state index is 13.7. The highest BCUT2D eigenvalue weighted by Gasteiger charge is 2.34. The Morgan fingerprint density at radius 1 is 0.735 bits per heavy atom. The van der Waals surface area contributed by atoms with E-state index in [9.17, 15) is 26.3 Å². The SMILES string of the molecule is FC(F)(F)c1cccc(C2=CCN(CCc3ccc(-c4ccccc4)c(C(F)(F)F)c3)CC2)c1. The Bertz CT molecular complexity index is 1160. The summed E-state index contributed by atoms with van der Waals surface area (Å²) in [5, 5.41) is 0. The molecule has 1 aliphatic heterocycles. The molecule has 0 fully saturated rings. The first-order valence-corrected chi connectivity index (χ1v) is 11.0. The summed E-state index contributed by atoms with van der Waals surface area (Å²) in [6.45, 7) is 1.74. The number of benzene rings is 3. The largest absolute Gasteiger partial charge is 0.417 e. The molecule has 3 aromatic rings. The third-order valence-corrected chi connectivity index (χ3v) is 6.04. The van der Waals surface area contributed by atoms with Crippen LogP contribution < -0.4 is 0 Å². The minimum absolute atomic E-state index is 0.156. The molecule has 178 valence electrons. The van der Waals surface area contributed by atoms with Crippen LogP contribution in [0.3, 0.4) is 0 Å². The van der Waals surface area contributed by atoms with Gasteiger partial charge in [-0.15, -0.1) is 0 Å². The molecule has 1 aliphatic rings. The quantitative estimate of drug-likeness (QED) is 0.342. The highest BCUT2D eigenvalue weighted by atomic mass is 19.4. The maximum absolute atomic E-state index is 13.7. The van der Waals surface area contributed by atoms with Crippen LogP contribution in [-0.2, 0) is 18.8 Å². The molecule has 0 spiro atoms. The van der Waals surface area contributed by atoms with Gasteiger partial charge in [-0.05, 0) is 58.9 Å². The summed E-state index contributed by atoms with van der Waals surface area (Å²) in [6.07, 6.45) is -5.91. The van der Waals surface area contributed by atoms with E-state index in [-0.39, 0.29) is 5.56 Å². The van der Waals surface area contributed by atoms with Crippen LogP contribution in [0.5, 0.6) is 0 Å². The van der Waals surface area contributed by atoms with Crippen molar-refractivity contribution >= 4 is 5.57 Å². The Labute approximate surface area is 194 Å². The van der Waals surface area contributed by atoms with Gasteiger partial charge in [0.15, 0.2) is 0 Å². The van der Waals surface area contributed by atoms with E-state index in [0.717, 1.165) is 17.7 Å². The molecule has 0 saturated carbocycles. The van der Waals surface area contributed by atoms with Crippen molar-refractivity contribution in [3.05, 3.63) is 101 Å². The Morgan fingerprint density at radius 3 is 2.12 bits per heavy atom. The van der Waals surface area contributed by atoms with Gasteiger partial charge >= 0.3 is 12.4 Å². The van der Waals surface area contributed by atoms with Crippen molar-refractivity contribution in [1.29, 1.82) is 0 Å². The summed E-state index contributed by atoms with van der Waals surface area (Å²) < 4.78 is 80.1. The van der Waals surface area contributed by atoms with Crippen LogP contribution in [0.25, 0.3) is 16.7 Å². The molecule has 0 aromatic heterocycles. The Kier molecular flexibility index (Phi) is 6.84. The molecular weight excluding hydrogens is 452 g/mol. The zero-order chi connectivity index (χ0) is 24.3. The lowest BCUT2D eigenvalue weighted by Crippen LogP contribution is -2.30. The molecule has 1 nitrogen and oxygen atoms in total. The van der Waals surface area contributed by atoms with Crippen LogP contribution in [-0.4, -0.2) is 24.5 Å². The lowest BCUT2D eigenvalue weighted by atomic mass is 9.95. The molecule has 4 rings (SSSR count). The number of alkyl halides is 6. The minimum atomic E-state index is -4.46. The van der Waals surface area contributed by atoms with E-state index in [0.29, 0.717) is 49.2 Å². The lowest BCUT2D eigenvalue weighted by Gasteiger charge is -2.27. The average Bonchev–Trinajstić information content (AvgIpc) is 2.82. The molecule has 0 amide bonds. The van der Waals surface area contributed by atoms with Crippen LogP contribution in [0.15, 0.2) is 78.9 Å². The molecule has 1 heterocycles. The second kappa shape index (κ2) is 9.66. The fraction of sp³-hybridized carbons (Fsp3) is 0.259. The number of rotatable bonds is 5. The fourth-order valence-electron chi connectivity index (χ4n) is 4.21. The fourth-order valence-corrected chi connectivity index (χ4v) is 4.21.